The maximum Gasteiger partial charge on any atom is 0.164 e. The Labute approximate surface area is 116 Å². The number of piperazine rings is 1. The van der Waals surface area contributed by atoms with Crippen LogP contribution in [0.4, 0.5) is 0 Å². The minimum atomic E-state index is 0.256. The van der Waals surface area contributed by atoms with Gasteiger partial charge in [0.2, 0.25) is 0 Å². The van der Waals surface area contributed by atoms with Crippen molar-refractivity contribution >= 4 is 5.78 Å². The van der Waals surface area contributed by atoms with Crippen LogP contribution in [-0.4, -0.2) is 54.9 Å². The van der Waals surface area contributed by atoms with Crippen molar-refractivity contribution in [2.24, 2.45) is 0 Å². The van der Waals surface area contributed by atoms with Crippen LogP contribution in [0.1, 0.15) is 29.3 Å². The van der Waals surface area contributed by atoms with Gasteiger partial charge < -0.3 is 4.90 Å². The molecule has 0 amide bonds. The fourth-order valence-corrected chi connectivity index (χ4v) is 2.64. The molecular weight excluding hydrogens is 236 g/mol. The van der Waals surface area contributed by atoms with Crippen molar-refractivity contribution in [3.8, 4) is 0 Å². The summed E-state index contributed by atoms with van der Waals surface area (Å²) in [5.41, 5.74) is 2.04. The maximum absolute atomic E-state index is 12.1. The number of likely N-dealkylation sites (N-methyl/N-ethyl adjacent to an activating group) is 1. The third-order valence-electron chi connectivity index (χ3n) is 3.97. The van der Waals surface area contributed by atoms with Gasteiger partial charge in [-0.15, -0.1) is 0 Å². The molecule has 1 aromatic rings. The predicted octanol–water partition coefficient (Wildman–Crippen LogP) is 2.20. The molecule has 0 radical (unpaired) electrons. The lowest BCUT2D eigenvalue weighted by molar-refractivity contribution is 0.0843. The minimum Gasteiger partial charge on any atom is -0.304 e. The standard InChI is InChI=1S/C16H24N2O/c1-13-4-6-15(7-5-13)16(19)8-9-18-11-10-17(3)12-14(18)2/h4-7,14H,8-12H2,1-3H3. The van der Waals surface area contributed by atoms with E-state index in [0.29, 0.717) is 12.5 Å². The van der Waals surface area contributed by atoms with E-state index in [0.717, 1.165) is 31.7 Å². The van der Waals surface area contributed by atoms with Crippen LogP contribution in [0.3, 0.4) is 0 Å². The predicted molar refractivity (Wildman–Crippen MR) is 78.7 cm³/mol. The van der Waals surface area contributed by atoms with Crippen LogP contribution >= 0.6 is 0 Å². The number of ketones is 1. The summed E-state index contributed by atoms with van der Waals surface area (Å²) in [6.45, 7) is 8.43. The SMILES string of the molecule is Cc1ccc(C(=O)CCN2CCN(C)CC2C)cc1. The molecule has 3 heteroatoms. The van der Waals surface area contributed by atoms with Gasteiger partial charge in [-0.3, -0.25) is 9.69 Å². The van der Waals surface area contributed by atoms with E-state index < -0.39 is 0 Å². The molecule has 0 aromatic heterocycles. The zero-order chi connectivity index (χ0) is 13.8. The molecule has 19 heavy (non-hydrogen) atoms. The van der Waals surface area contributed by atoms with E-state index in [-0.39, 0.29) is 5.78 Å². The number of rotatable bonds is 4. The van der Waals surface area contributed by atoms with Crippen LogP contribution in [-0.2, 0) is 0 Å². The molecule has 0 aliphatic carbocycles. The van der Waals surface area contributed by atoms with Crippen LogP contribution in [0.5, 0.6) is 0 Å². The molecule has 0 bridgehead atoms. The highest BCUT2D eigenvalue weighted by atomic mass is 16.1. The molecular formula is C16H24N2O. The van der Waals surface area contributed by atoms with Gasteiger partial charge in [-0.1, -0.05) is 29.8 Å². The zero-order valence-electron chi connectivity index (χ0n) is 12.2. The number of carbonyl (C=O) groups is 1. The van der Waals surface area contributed by atoms with Crippen molar-refractivity contribution in [3.05, 3.63) is 35.4 Å². The summed E-state index contributed by atoms with van der Waals surface area (Å²) in [5, 5.41) is 0. The molecule has 1 unspecified atom stereocenters. The highest BCUT2D eigenvalue weighted by molar-refractivity contribution is 5.96. The van der Waals surface area contributed by atoms with E-state index >= 15 is 0 Å². The van der Waals surface area contributed by atoms with E-state index in [2.05, 4.69) is 23.8 Å². The topological polar surface area (TPSA) is 23.6 Å². The van der Waals surface area contributed by atoms with Gasteiger partial charge in [0.15, 0.2) is 5.78 Å². The van der Waals surface area contributed by atoms with E-state index in [4.69, 9.17) is 0 Å². The molecule has 0 spiro atoms. The lowest BCUT2D eigenvalue weighted by Crippen LogP contribution is -2.50. The molecule has 1 aromatic carbocycles. The summed E-state index contributed by atoms with van der Waals surface area (Å²) in [6, 6.07) is 8.43. The summed E-state index contributed by atoms with van der Waals surface area (Å²) in [6.07, 6.45) is 0.622. The van der Waals surface area contributed by atoms with Crippen LogP contribution < -0.4 is 0 Å². The quantitative estimate of drug-likeness (QED) is 0.775. The highest BCUT2D eigenvalue weighted by Crippen LogP contribution is 2.11. The van der Waals surface area contributed by atoms with Crippen molar-refractivity contribution < 1.29 is 4.79 Å². The van der Waals surface area contributed by atoms with E-state index in [9.17, 15) is 4.79 Å². The summed E-state index contributed by atoms with van der Waals surface area (Å²) in [7, 11) is 2.16. The van der Waals surface area contributed by atoms with E-state index in [1.807, 2.05) is 31.2 Å². The number of Topliss-reactive ketones (excluding diaryl/α,β-unsaturated/α-hetero) is 1. The Morgan fingerprint density at radius 1 is 1.26 bits per heavy atom. The van der Waals surface area contributed by atoms with Crippen molar-refractivity contribution in [2.75, 3.05) is 33.2 Å². The lowest BCUT2D eigenvalue weighted by atomic mass is 10.1. The van der Waals surface area contributed by atoms with Gasteiger partial charge in [-0.2, -0.15) is 0 Å². The second-order valence-electron chi connectivity index (χ2n) is 5.69. The highest BCUT2D eigenvalue weighted by Gasteiger charge is 2.21. The third kappa shape index (κ3) is 3.88. The molecule has 0 saturated carbocycles. The second kappa shape index (κ2) is 6.31. The van der Waals surface area contributed by atoms with Crippen molar-refractivity contribution in [3.63, 3.8) is 0 Å². The monoisotopic (exact) mass is 260 g/mol. The Kier molecular flexibility index (Phi) is 4.72. The van der Waals surface area contributed by atoms with Gasteiger partial charge >= 0.3 is 0 Å². The fraction of sp³-hybridized carbons (Fsp3) is 0.562. The van der Waals surface area contributed by atoms with Crippen LogP contribution in [0, 0.1) is 6.92 Å². The van der Waals surface area contributed by atoms with Crippen molar-refractivity contribution in [1.29, 1.82) is 0 Å². The van der Waals surface area contributed by atoms with Gasteiger partial charge in [-0.05, 0) is 20.9 Å². The molecule has 1 atom stereocenters. The molecule has 2 rings (SSSR count). The molecule has 104 valence electrons. The number of hydrogen-bond acceptors (Lipinski definition) is 3. The third-order valence-corrected chi connectivity index (χ3v) is 3.97. The number of nitrogens with zero attached hydrogens (tertiary/aromatic N) is 2. The lowest BCUT2D eigenvalue weighted by Gasteiger charge is -2.38. The summed E-state index contributed by atoms with van der Waals surface area (Å²) >= 11 is 0. The Balaban J connectivity index is 1.85. The van der Waals surface area contributed by atoms with Gasteiger partial charge in [-0.25, -0.2) is 0 Å². The average Bonchev–Trinajstić information content (AvgIpc) is 2.38. The smallest absolute Gasteiger partial charge is 0.164 e. The number of aryl methyl sites for hydroxylation is 1. The van der Waals surface area contributed by atoms with Crippen molar-refractivity contribution in [2.45, 2.75) is 26.3 Å². The van der Waals surface area contributed by atoms with Gasteiger partial charge in [0.1, 0.15) is 0 Å². The first-order valence-corrected chi connectivity index (χ1v) is 7.08. The minimum absolute atomic E-state index is 0.256. The molecule has 1 heterocycles. The Hall–Kier alpha value is -1.19. The van der Waals surface area contributed by atoms with Crippen LogP contribution in [0.2, 0.25) is 0 Å². The Bertz CT molecular complexity index is 427. The number of carbonyl (C=O) groups excluding carboxylic acids is 1. The van der Waals surface area contributed by atoms with Crippen LogP contribution in [0.15, 0.2) is 24.3 Å². The molecule has 0 N–H and O–H groups in total. The van der Waals surface area contributed by atoms with Gasteiger partial charge in [0, 0.05) is 44.2 Å². The first-order valence-electron chi connectivity index (χ1n) is 7.08. The van der Waals surface area contributed by atoms with Crippen LogP contribution in [0.25, 0.3) is 0 Å². The first kappa shape index (κ1) is 14.2. The average molecular weight is 260 g/mol. The second-order valence-corrected chi connectivity index (χ2v) is 5.69. The summed E-state index contributed by atoms with van der Waals surface area (Å²) < 4.78 is 0. The molecule has 1 aliphatic heterocycles. The fourth-order valence-electron chi connectivity index (χ4n) is 2.64. The number of hydrogen-bond donors (Lipinski definition) is 0. The van der Waals surface area contributed by atoms with Crippen molar-refractivity contribution in [1.82, 2.24) is 9.80 Å². The largest absolute Gasteiger partial charge is 0.304 e. The first-order chi connectivity index (χ1) is 9.06. The molecule has 1 saturated heterocycles. The molecule has 1 fully saturated rings. The van der Waals surface area contributed by atoms with E-state index in [1.165, 1.54) is 5.56 Å². The van der Waals surface area contributed by atoms with Gasteiger partial charge in [0.25, 0.3) is 0 Å². The number of benzene rings is 1. The van der Waals surface area contributed by atoms with Gasteiger partial charge in [0.05, 0.1) is 0 Å². The molecule has 1 aliphatic rings. The van der Waals surface area contributed by atoms with E-state index in [1.54, 1.807) is 0 Å². The summed E-state index contributed by atoms with van der Waals surface area (Å²) in [5.74, 6) is 0.256. The zero-order valence-corrected chi connectivity index (χ0v) is 12.2. The maximum atomic E-state index is 12.1. The molecule has 3 nitrogen and oxygen atoms in total. The summed E-state index contributed by atoms with van der Waals surface area (Å²) in [4.78, 5) is 16.9. The Morgan fingerprint density at radius 2 is 1.95 bits per heavy atom. The normalized spacial score (nSPS) is 21.5. The Morgan fingerprint density at radius 3 is 2.58 bits per heavy atom.